The van der Waals surface area contributed by atoms with Crippen LogP contribution in [0.15, 0.2) is 18.2 Å². The van der Waals surface area contributed by atoms with E-state index in [0.717, 1.165) is 18.2 Å². The van der Waals surface area contributed by atoms with Crippen LogP contribution in [0.5, 0.6) is 0 Å². The maximum atomic E-state index is 12.6. The lowest BCUT2D eigenvalue weighted by Gasteiger charge is -2.32. The number of fused-ring (bicyclic) bond motifs is 1. The summed E-state index contributed by atoms with van der Waals surface area (Å²) in [5.41, 5.74) is 0.858. The van der Waals surface area contributed by atoms with Crippen molar-refractivity contribution in [3.8, 4) is 0 Å². The first-order chi connectivity index (χ1) is 7.04. The molecule has 0 heterocycles. The highest BCUT2D eigenvalue weighted by Crippen LogP contribution is 2.42. The summed E-state index contributed by atoms with van der Waals surface area (Å²) < 4.78 is 37.7. The van der Waals surface area contributed by atoms with Crippen LogP contribution in [-0.4, -0.2) is 13.6 Å². The third-order valence-corrected chi connectivity index (χ3v) is 2.86. The van der Waals surface area contributed by atoms with E-state index >= 15 is 0 Å². The molecule has 0 radical (unpaired) electrons. The molecule has 1 aromatic carbocycles. The van der Waals surface area contributed by atoms with Crippen LogP contribution in [0.1, 0.15) is 22.6 Å². The van der Waals surface area contributed by atoms with Crippen molar-refractivity contribution in [1.82, 2.24) is 5.32 Å². The third kappa shape index (κ3) is 1.74. The predicted octanol–water partition coefficient (Wildman–Crippen LogP) is 2.56. The molecule has 1 N–H and O–H groups in total. The Morgan fingerprint density at radius 2 is 2.13 bits per heavy atom. The van der Waals surface area contributed by atoms with Gasteiger partial charge in [0.25, 0.3) is 0 Å². The molecule has 4 heteroatoms. The van der Waals surface area contributed by atoms with Crippen molar-refractivity contribution < 1.29 is 13.2 Å². The molecule has 0 fully saturated rings. The van der Waals surface area contributed by atoms with Gasteiger partial charge in [-0.3, -0.25) is 0 Å². The maximum absolute atomic E-state index is 12.6. The lowest BCUT2D eigenvalue weighted by molar-refractivity contribution is -0.138. The molecule has 1 aliphatic carbocycles. The van der Waals surface area contributed by atoms with Gasteiger partial charge in [0.05, 0.1) is 5.56 Å². The highest BCUT2D eigenvalue weighted by Gasteiger charge is 2.38. The smallest absolute Gasteiger partial charge is 0.319 e. The van der Waals surface area contributed by atoms with Crippen LogP contribution in [0.25, 0.3) is 0 Å². The van der Waals surface area contributed by atoms with Gasteiger partial charge in [-0.1, -0.05) is 12.1 Å². The Kier molecular flexibility index (Phi) is 2.46. The summed E-state index contributed by atoms with van der Waals surface area (Å²) in [4.78, 5) is 0. The molecule has 82 valence electrons. The molecule has 0 saturated carbocycles. The van der Waals surface area contributed by atoms with Crippen LogP contribution in [0.3, 0.4) is 0 Å². The van der Waals surface area contributed by atoms with Crippen molar-refractivity contribution in [2.45, 2.75) is 18.5 Å². The first kappa shape index (κ1) is 10.5. The summed E-state index contributed by atoms with van der Waals surface area (Å²) in [7, 11) is 1.81. The molecular weight excluding hydrogens is 203 g/mol. The fourth-order valence-electron chi connectivity index (χ4n) is 2.13. The van der Waals surface area contributed by atoms with Gasteiger partial charge in [0, 0.05) is 12.5 Å². The number of nitrogens with one attached hydrogen (secondary N) is 1. The van der Waals surface area contributed by atoms with Crippen LogP contribution in [0.2, 0.25) is 0 Å². The first-order valence-corrected chi connectivity index (χ1v) is 4.87. The van der Waals surface area contributed by atoms with Gasteiger partial charge >= 0.3 is 6.18 Å². The average Bonchev–Trinajstić information content (AvgIpc) is 2.12. The van der Waals surface area contributed by atoms with Crippen molar-refractivity contribution in [2.24, 2.45) is 0 Å². The molecule has 0 saturated heterocycles. The molecule has 0 spiro atoms. The number of benzene rings is 1. The average molecular weight is 215 g/mol. The number of rotatable bonds is 2. The summed E-state index contributed by atoms with van der Waals surface area (Å²) in [5.74, 6) is 0.243. The zero-order valence-electron chi connectivity index (χ0n) is 8.36. The standard InChI is InChI=1S/C11H12F3N/c1-15-6-7-5-9-8(7)3-2-4-10(9)11(12,13)14/h2-4,7,15H,5-6H2,1H3. The fourth-order valence-corrected chi connectivity index (χ4v) is 2.13. The molecule has 1 atom stereocenters. The number of halogens is 3. The number of likely N-dealkylation sites (N-methyl/N-ethyl adjacent to an activating group) is 1. The predicted molar refractivity (Wildman–Crippen MR) is 51.8 cm³/mol. The molecule has 0 aromatic heterocycles. The topological polar surface area (TPSA) is 12.0 Å². The summed E-state index contributed by atoms with van der Waals surface area (Å²) >= 11 is 0. The number of hydrogen-bond donors (Lipinski definition) is 1. The van der Waals surface area contributed by atoms with Crippen LogP contribution in [-0.2, 0) is 12.6 Å². The molecule has 0 aliphatic heterocycles. The zero-order valence-corrected chi connectivity index (χ0v) is 8.36. The minimum atomic E-state index is -4.21. The number of alkyl halides is 3. The van der Waals surface area contributed by atoms with Crippen molar-refractivity contribution in [3.05, 3.63) is 34.9 Å². The van der Waals surface area contributed by atoms with Crippen molar-refractivity contribution in [2.75, 3.05) is 13.6 Å². The van der Waals surface area contributed by atoms with E-state index < -0.39 is 11.7 Å². The SMILES string of the molecule is CNCC1Cc2c1cccc2C(F)(F)F. The molecule has 1 unspecified atom stereocenters. The van der Waals surface area contributed by atoms with Crippen LogP contribution in [0.4, 0.5) is 13.2 Å². The summed E-state index contributed by atoms with van der Waals surface area (Å²) in [6.07, 6.45) is -3.68. The van der Waals surface area contributed by atoms with E-state index in [1.165, 1.54) is 6.07 Å². The van der Waals surface area contributed by atoms with Gasteiger partial charge in [-0.25, -0.2) is 0 Å². The maximum Gasteiger partial charge on any atom is 0.416 e. The van der Waals surface area contributed by atoms with E-state index in [0.29, 0.717) is 12.0 Å². The Bertz CT molecular complexity index is 371. The summed E-state index contributed by atoms with van der Waals surface area (Å²) in [6, 6.07) is 4.44. The molecule has 15 heavy (non-hydrogen) atoms. The summed E-state index contributed by atoms with van der Waals surface area (Å²) in [6.45, 7) is 0.744. The Balaban J connectivity index is 2.32. The Hall–Kier alpha value is -1.03. The third-order valence-electron chi connectivity index (χ3n) is 2.86. The normalized spacial score (nSPS) is 19.6. The van der Waals surface area contributed by atoms with E-state index in [4.69, 9.17) is 0 Å². The van der Waals surface area contributed by atoms with Gasteiger partial charge in [-0.2, -0.15) is 13.2 Å². The van der Waals surface area contributed by atoms with E-state index in [9.17, 15) is 13.2 Å². The first-order valence-electron chi connectivity index (χ1n) is 4.87. The highest BCUT2D eigenvalue weighted by molar-refractivity contribution is 5.47. The van der Waals surface area contributed by atoms with Gasteiger partial charge in [0.15, 0.2) is 0 Å². The van der Waals surface area contributed by atoms with E-state index in [1.54, 1.807) is 6.07 Å². The lowest BCUT2D eigenvalue weighted by atomic mass is 9.75. The minimum absolute atomic E-state index is 0.243. The van der Waals surface area contributed by atoms with Crippen molar-refractivity contribution in [3.63, 3.8) is 0 Å². The second-order valence-corrected chi connectivity index (χ2v) is 3.83. The molecular formula is C11H12F3N. The van der Waals surface area contributed by atoms with Gasteiger partial charge in [0.1, 0.15) is 0 Å². The molecule has 2 rings (SSSR count). The van der Waals surface area contributed by atoms with Gasteiger partial charge in [0.2, 0.25) is 0 Å². The van der Waals surface area contributed by atoms with Gasteiger partial charge in [-0.05, 0) is 30.7 Å². The fraction of sp³-hybridized carbons (Fsp3) is 0.455. The van der Waals surface area contributed by atoms with Gasteiger partial charge < -0.3 is 5.32 Å². The number of hydrogen-bond acceptors (Lipinski definition) is 1. The van der Waals surface area contributed by atoms with E-state index in [-0.39, 0.29) is 5.92 Å². The lowest BCUT2D eigenvalue weighted by Crippen LogP contribution is -2.29. The van der Waals surface area contributed by atoms with Gasteiger partial charge in [-0.15, -0.1) is 0 Å². The largest absolute Gasteiger partial charge is 0.416 e. The monoisotopic (exact) mass is 215 g/mol. The molecule has 1 aromatic rings. The van der Waals surface area contributed by atoms with Crippen LogP contribution < -0.4 is 5.32 Å². The Labute approximate surface area is 86.3 Å². The second kappa shape index (κ2) is 3.52. The minimum Gasteiger partial charge on any atom is -0.319 e. The Morgan fingerprint density at radius 1 is 1.40 bits per heavy atom. The van der Waals surface area contributed by atoms with E-state index in [1.807, 2.05) is 7.05 Å². The molecule has 0 bridgehead atoms. The zero-order chi connectivity index (χ0) is 11.1. The van der Waals surface area contributed by atoms with E-state index in [2.05, 4.69) is 5.32 Å². The van der Waals surface area contributed by atoms with Crippen molar-refractivity contribution in [1.29, 1.82) is 0 Å². The Morgan fingerprint density at radius 3 is 2.73 bits per heavy atom. The second-order valence-electron chi connectivity index (χ2n) is 3.83. The molecule has 1 nitrogen and oxygen atoms in total. The molecule has 0 amide bonds. The van der Waals surface area contributed by atoms with Crippen LogP contribution >= 0.6 is 0 Å². The summed E-state index contributed by atoms with van der Waals surface area (Å²) in [5, 5.41) is 2.99. The van der Waals surface area contributed by atoms with Crippen LogP contribution in [0, 0.1) is 0 Å². The quantitative estimate of drug-likeness (QED) is 0.799. The highest BCUT2D eigenvalue weighted by atomic mass is 19.4. The van der Waals surface area contributed by atoms with Crippen molar-refractivity contribution >= 4 is 0 Å². The molecule has 1 aliphatic rings.